The Kier molecular flexibility index (Phi) is 4.19. The fraction of sp³-hybridized carbons (Fsp3) is 0.333. The number of carbonyl (C=O) groups excluding carboxylic acids is 1. The lowest BCUT2D eigenvalue weighted by molar-refractivity contribution is 0.251. The van der Waals surface area contributed by atoms with Crippen molar-refractivity contribution in [3.05, 3.63) is 64.6 Å². The van der Waals surface area contributed by atoms with Crippen molar-refractivity contribution in [3.8, 4) is 0 Å². The first-order chi connectivity index (χ1) is 11.1. The molecule has 0 radical (unpaired) electrons. The van der Waals surface area contributed by atoms with E-state index in [-0.39, 0.29) is 17.0 Å². The van der Waals surface area contributed by atoms with E-state index in [0.717, 1.165) is 12.8 Å². The SMILES string of the molecule is CCn1cc(NC(=O)NCC2(c3ccccc3)CC2)ccc1=O. The molecule has 3 rings (SSSR count). The summed E-state index contributed by atoms with van der Waals surface area (Å²) in [4.78, 5) is 23.6. The number of carbonyl (C=O) groups is 1. The summed E-state index contributed by atoms with van der Waals surface area (Å²) in [5.74, 6) is 0. The second-order valence-corrected chi connectivity index (χ2v) is 6.00. The Morgan fingerprint density at radius 3 is 2.57 bits per heavy atom. The van der Waals surface area contributed by atoms with Crippen molar-refractivity contribution in [2.75, 3.05) is 11.9 Å². The first-order valence-electron chi connectivity index (χ1n) is 7.94. The lowest BCUT2D eigenvalue weighted by Gasteiger charge is -2.17. The van der Waals surface area contributed by atoms with Crippen LogP contribution in [-0.2, 0) is 12.0 Å². The molecule has 2 N–H and O–H groups in total. The second kappa shape index (κ2) is 6.28. The summed E-state index contributed by atoms with van der Waals surface area (Å²) in [5, 5.41) is 5.73. The molecule has 1 aliphatic rings. The number of urea groups is 1. The van der Waals surface area contributed by atoms with Crippen molar-refractivity contribution >= 4 is 11.7 Å². The molecular formula is C18H21N3O2. The molecule has 1 saturated carbocycles. The fourth-order valence-electron chi connectivity index (χ4n) is 2.79. The molecule has 1 heterocycles. The first kappa shape index (κ1) is 15.3. The van der Waals surface area contributed by atoms with Crippen LogP contribution in [0, 0.1) is 0 Å². The third-order valence-corrected chi connectivity index (χ3v) is 4.41. The van der Waals surface area contributed by atoms with Crippen LogP contribution in [0.1, 0.15) is 25.3 Å². The van der Waals surface area contributed by atoms with E-state index < -0.39 is 0 Å². The molecular weight excluding hydrogens is 290 g/mol. The maximum Gasteiger partial charge on any atom is 0.319 e. The number of benzene rings is 1. The van der Waals surface area contributed by atoms with Gasteiger partial charge in [-0.05, 0) is 31.4 Å². The Morgan fingerprint density at radius 2 is 1.91 bits per heavy atom. The van der Waals surface area contributed by atoms with Crippen LogP contribution >= 0.6 is 0 Å². The smallest absolute Gasteiger partial charge is 0.319 e. The van der Waals surface area contributed by atoms with Crippen LogP contribution in [0.5, 0.6) is 0 Å². The van der Waals surface area contributed by atoms with Gasteiger partial charge in [-0.1, -0.05) is 30.3 Å². The van der Waals surface area contributed by atoms with Crippen LogP contribution in [0.2, 0.25) is 0 Å². The molecule has 0 saturated heterocycles. The summed E-state index contributed by atoms with van der Waals surface area (Å²) in [7, 11) is 0. The number of rotatable bonds is 5. The number of nitrogens with one attached hydrogen (secondary N) is 2. The minimum absolute atomic E-state index is 0.0699. The molecule has 2 amide bonds. The number of hydrogen-bond acceptors (Lipinski definition) is 2. The Bertz CT molecular complexity index is 748. The van der Waals surface area contributed by atoms with Gasteiger partial charge in [-0.25, -0.2) is 4.79 Å². The quantitative estimate of drug-likeness (QED) is 0.892. The van der Waals surface area contributed by atoms with Crippen molar-refractivity contribution < 1.29 is 4.79 Å². The normalized spacial score (nSPS) is 15.0. The zero-order valence-electron chi connectivity index (χ0n) is 13.2. The molecule has 1 aliphatic carbocycles. The lowest BCUT2D eigenvalue weighted by Crippen LogP contribution is -2.35. The fourth-order valence-corrected chi connectivity index (χ4v) is 2.79. The third-order valence-electron chi connectivity index (χ3n) is 4.41. The van der Waals surface area contributed by atoms with E-state index in [1.165, 1.54) is 11.6 Å². The highest BCUT2D eigenvalue weighted by atomic mass is 16.2. The highest BCUT2D eigenvalue weighted by Crippen LogP contribution is 2.47. The molecule has 1 aromatic heterocycles. The Labute approximate surface area is 135 Å². The van der Waals surface area contributed by atoms with Crippen LogP contribution in [0.3, 0.4) is 0 Å². The van der Waals surface area contributed by atoms with Gasteiger partial charge >= 0.3 is 6.03 Å². The molecule has 120 valence electrons. The average Bonchev–Trinajstić information content (AvgIpc) is 3.37. The number of aromatic nitrogens is 1. The zero-order valence-corrected chi connectivity index (χ0v) is 13.2. The van der Waals surface area contributed by atoms with Crippen molar-refractivity contribution in [2.24, 2.45) is 0 Å². The minimum Gasteiger partial charge on any atom is -0.337 e. The topological polar surface area (TPSA) is 63.1 Å². The van der Waals surface area contributed by atoms with E-state index in [9.17, 15) is 9.59 Å². The van der Waals surface area contributed by atoms with Crippen molar-refractivity contribution in [1.82, 2.24) is 9.88 Å². The van der Waals surface area contributed by atoms with E-state index in [1.54, 1.807) is 16.8 Å². The maximum absolute atomic E-state index is 12.1. The van der Waals surface area contributed by atoms with Crippen LogP contribution < -0.4 is 16.2 Å². The molecule has 0 aliphatic heterocycles. The van der Waals surface area contributed by atoms with Crippen LogP contribution in [0.15, 0.2) is 53.5 Å². The molecule has 0 bridgehead atoms. The first-order valence-corrected chi connectivity index (χ1v) is 7.94. The van der Waals surface area contributed by atoms with Crippen molar-refractivity contribution in [1.29, 1.82) is 0 Å². The highest BCUT2D eigenvalue weighted by molar-refractivity contribution is 5.89. The van der Waals surface area contributed by atoms with Crippen LogP contribution in [-0.4, -0.2) is 17.1 Å². The maximum atomic E-state index is 12.1. The Hall–Kier alpha value is -2.56. The van der Waals surface area contributed by atoms with E-state index in [2.05, 4.69) is 22.8 Å². The molecule has 0 spiro atoms. The largest absolute Gasteiger partial charge is 0.337 e. The lowest BCUT2D eigenvalue weighted by atomic mass is 9.96. The predicted octanol–water partition coefficient (Wildman–Crippen LogP) is 2.72. The number of aryl methyl sites for hydroxylation is 1. The highest BCUT2D eigenvalue weighted by Gasteiger charge is 2.44. The van der Waals surface area contributed by atoms with Crippen LogP contribution in [0.4, 0.5) is 10.5 Å². The van der Waals surface area contributed by atoms with Gasteiger partial charge in [-0.2, -0.15) is 0 Å². The Balaban J connectivity index is 1.59. The number of amides is 2. The van der Waals surface area contributed by atoms with Gasteiger partial charge in [-0.15, -0.1) is 0 Å². The molecule has 5 heteroatoms. The standard InChI is InChI=1S/C18H21N3O2/c1-2-21-12-15(8-9-16(21)22)20-17(23)19-13-18(10-11-18)14-6-4-3-5-7-14/h3-9,12H,2,10-11,13H2,1H3,(H2,19,20,23). The van der Waals surface area contributed by atoms with Gasteiger partial charge in [0, 0.05) is 30.8 Å². The van der Waals surface area contributed by atoms with E-state index in [0.29, 0.717) is 18.8 Å². The molecule has 5 nitrogen and oxygen atoms in total. The second-order valence-electron chi connectivity index (χ2n) is 6.00. The minimum atomic E-state index is -0.242. The van der Waals surface area contributed by atoms with Gasteiger partial charge in [0.2, 0.25) is 0 Å². The predicted molar refractivity (Wildman–Crippen MR) is 90.8 cm³/mol. The van der Waals surface area contributed by atoms with Gasteiger partial charge in [-0.3, -0.25) is 4.79 Å². The molecule has 0 atom stereocenters. The zero-order chi connectivity index (χ0) is 16.3. The van der Waals surface area contributed by atoms with Crippen molar-refractivity contribution in [2.45, 2.75) is 31.7 Å². The molecule has 2 aromatic rings. The summed E-state index contributed by atoms with van der Waals surface area (Å²) in [5.41, 5.74) is 1.91. The monoisotopic (exact) mass is 311 g/mol. The van der Waals surface area contributed by atoms with Crippen molar-refractivity contribution in [3.63, 3.8) is 0 Å². The Morgan fingerprint density at radius 1 is 1.17 bits per heavy atom. The van der Waals surface area contributed by atoms with Gasteiger partial charge < -0.3 is 15.2 Å². The summed E-state index contributed by atoms with van der Waals surface area (Å²) in [6, 6.07) is 13.1. The molecule has 1 fully saturated rings. The summed E-state index contributed by atoms with van der Waals surface area (Å²) < 4.78 is 1.56. The third kappa shape index (κ3) is 3.44. The van der Waals surface area contributed by atoms with Gasteiger partial charge in [0.25, 0.3) is 5.56 Å². The molecule has 23 heavy (non-hydrogen) atoms. The number of hydrogen-bond donors (Lipinski definition) is 2. The molecule has 0 unspecified atom stereocenters. The van der Waals surface area contributed by atoms with Gasteiger partial charge in [0.15, 0.2) is 0 Å². The summed E-state index contributed by atoms with van der Waals surface area (Å²) >= 11 is 0. The number of pyridine rings is 1. The number of nitrogens with zero attached hydrogens (tertiary/aromatic N) is 1. The van der Waals surface area contributed by atoms with Crippen LogP contribution in [0.25, 0.3) is 0 Å². The van der Waals surface area contributed by atoms with Gasteiger partial charge in [0.1, 0.15) is 0 Å². The van der Waals surface area contributed by atoms with E-state index in [4.69, 9.17) is 0 Å². The van der Waals surface area contributed by atoms with E-state index >= 15 is 0 Å². The summed E-state index contributed by atoms with van der Waals surface area (Å²) in [6.45, 7) is 3.09. The average molecular weight is 311 g/mol. The summed E-state index contributed by atoms with van der Waals surface area (Å²) in [6.07, 6.45) is 3.85. The number of anilines is 1. The van der Waals surface area contributed by atoms with Gasteiger partial charge in [0.05, 0.1) is 5.69 Å². The van der Waals surface area contributed by atoms with E-state index in [1.807, 2.05) is 25.1 Å². The molecule has 1 aromatic carbocycles.